The van der Waals surface area contributed by atoms with Crippen molar-refractivity contribution < 1.29 is 13.4 Å². The maximum Gasteiger partial charge on any atom is 0.202 e. The zero-order valence-electron chi connectivity index (χ0n) is 5.17. The molecule has 0 aromatic carbocycles. The topological polar surface area (TPSA) is 43.4 Å². The first kappa shape index (κ1) is 8.42. The summed E-state index contributed by atoms with van der Waals surface area (Å²) in [6.45, 7) is 4.31. The van der Waals surface area contributed by atoms with Crippen LogP contribution in [0.15, 0.2) is 0 Å². The summed E-state index contributed by atoms with van der Waals surface area (Å²) in [7, 11) is -4.49. The molecule has 0 heterocycles. The van der Waals surface area contributed by atoms with Gasteiger partial charge in [0.1, 0.15) is 0 Å². The molecule has 5 heteroatoms. The van der Waals surface area contributed by atoms with Crippen LogP contribution in [0.2, 0.25) is 0 Å². The molecular formula is C3H10O3P2. The Labute approximate surface area is 49.8 Å². The molecule has 0 aromatic heterocycles. The van der Waals surface area contributed by atoms with Gasteiger partial charge in [-0.1, -0.05) is 0 Å². The second-order valence-corrected chi connectivity index (χ2v) is 6.05. The van der Waals surface area contributed by atoms with Crippen molar-refractivity contribution in [3.05, 3.63) is 0 Å². The lowest BCUT2D eigenvalue weighted by Crippen LogP contribution is -1.72. The van der Waals surface area contributed by atoms with Gasteiger partial charge in [-0.3, -0.25) is 13.4 Å². The van der Waals surface area contributed by atoms with Crippen LogP contribution in [0.5, 0.6) is 0 Å². The highest BCUT2D eigenvalue weighted by molar-refractivity contribution is 7.64. The molecule has 0 radical (unpaired) electrons. The summed E-state index contributed by atoms with van der Waals surface area (Å²) in [6.07, 6.45) is 0. The molecule has 0 aliphatic carbocycles. The van der Waals surface area contributed by atoms with E-state index < -0.39 is 15.4 Å². The van der Waals surface area contributed by atoms with Gasteiger partial charge in [0.15, 0.2) is 8.03 Å². The lowest BCUT2D eigenvalue weighted by molar-refractivity contribution is 0.484. The largest absolute Gasteiger partial charge is 0.296 e. The normalized spacial score (nSPS) is 15.9. The van der Waals surface area contributed by atoms with Crippen LogP contribution in [-0.4, -0.2) is 20.0 Å². The van der Waals surface area contributed by atoms with Gasteiger partial charge in [0.05, 0.1) is 0 Å². The van der Waals surface area contributed by atoms with E-state index in [0.717, 1.165) is 0 Å². The molecule has 0 bridgehead atoms. The predicted octanol–water partition coefficient (Wildman–Crippen LogP) is 1.65. The summed E-state index contributed by atoms with van der Waals surface area (Å²) in [5.74, 6) is 0. The number of hydrogen-bond acceptors (Lipinski definition) is 3. The summed E-state index contributed by atoms with van der Waals surface area (Å²) in [6, 6.07) is 0. The molecule has 0 rings (SSSR count). The fraction of sp³-hybridized carbons (Fsp3) is 1.00. The van der Waals surface area contributed by atoms with E-state index in [1.807, 2.05) is 0 Å². The van der Waals surface area contributed by atoms with E-state index in [4.69, 9.17) is 0 Å². The van der Waals surface area contributed by atoms with Crippen molar-refractivity contribution in [2.24, 2.45) is 0 Å². The van der Waals surface area contributed by atoms with Crippen molar-refractivity contribution in [1.29, 1.82) is 0 Å². The quantitative estimate of drug-likeness (QED) is 0.571. The average Bonchev–Trinajstić information content (AvgIpc) is 1.21. The molecule has 8 heavy (non-hydrogen) atoms. The Balaban J connectivity index is 3.74. The highest BCUT2D eigenvalue weighted by Crippen LogP contribution is 2.46. The Morgan fingerprint density at radius 3 is 1.88 bits per heavy atom. The first-order valence-corrected chi connectivity index (χ1v) is 6.50. The summed E-state index contributed by atoms with van der Waals surface area (Å²) in [5, 5.41) is 0. The van der Waals surface area contributed by atoms with E-state index >= 15 is 0 Å². The minimum atomic E-state index is -2.49. The average molecular weight is 156 g/mol. The van der Waals surface area contributed by atoms with Gasteiger partial charge in [0.25, 0.3) is 0 Å². The molecule has 3 nitrogen and oxygen atoms in total. The SMILES string of the molecule is C[PH](=O)OP(C)(C)=O. The first-order chi connectivity index (χ1) is 3.42. The van der Waals surface area contributed by atoms with Gasteiger partial charge in [0.2, 0.25) is 7.37 Å². The summed E-state index contributed by atoms with van der Waals surface area (Å²) >= 11 is 0. The lowest BCUT2D eigenvalue weighted by Gasteiger charge is -2.02. The maximum atomic E-state index is 10.6. The van der Waals surface area contributed by atoms with E-state index in [1.165, 1.54) is 20.0 Å². The third-order valence-electron chi connectivity index (χ3n) is 0.348. The molecule has 0 N–H and O–H groups in total. The predicted molar refractivity (Wildman–Crippen MR) is 35.5 cm³/mol. The number of rotatable bonds is 2. The zero-order chi connectivity index (χ0) is 6.78. The van der Waals surface area contributed by atoms with Crippen molar-refractivity contribution in [2.75, 3.05) is 20.0 Å². The zero-order valence-corrected chi connectivity index (χ0v) is 7.07. The lowest BCUT2D eigenvalue weighted by atomic mass is 11.9. The Morgan fingerprint density at radius 2 is 1.88 bits per heavy atom. The molecule has 0 amide bonds. The molecule has 0 aromatic rings. The highest BCUT2D eigenvalue weighted by Gasteiger charge is 2.07. The molecule has 50 valence electrons. The van der Waals surface area contributed by atoms with Crippen LogP contribution in [0.1, 0.15) is 0 Å². The van der Waals surface area contributed by atoms with Crippen LogP contribution in [0.4, 0.5) is 0 Å². The minimum absolute atomic E-state index is 1.42. The van der Waals surface area contributed by atoms with Crippen LogP contribution < -0.4 is 0 Å². The molecular weight excluding hydrogens is 146 g/mol. The third-order valence-corrected chi connectivity index (χ3v) is 3.14. The third kappa shape index (κ3) is 6.42. The van der Waals surface area contributed by atoms with Gasteiger partial charge in [-0.05, 0) is 0 Å². The Bertz CT molecular complexity index is 135. The highest BCUT2D eigenvalue weighted by atomic mass is 31.2. The van der Waals surface area contributed by atoms with Crippen LogP contribution >= 0.6 is 15.4 Å². The summed E-state index contributed by atoms with van der Waals surface area (Å²) < 4.78 is 25.4. The van der Waals surface area contributed by atoms with Gasteiger partial charge < -0.3 is 0 Å². The van der Waals surface area contributed by atoms with Crippen LogP contribution in [0.3, 0.4) is 0 Å². The molecule has 0 fully saturated rings. The molecule has 1 atom stereocenters. The molecule has 0 spiro atoms. The van der Waals surface area contributed by atoms with Crippen LogP contribution in [-0.2, 0) is 13.4 Å². The fourth-order valence-electron chi connectivity index (χ4n) is 0.310. The van der Waals surface area contributed by atoms with Gasteiger partial charge >= 0.3 is 0 Å². The van der Waals surface area contributed by atoms with Crippen molar-refractivity contribution in [1.82, 2.24) is 0 Å². The molecule has 0 saturated carbocycles. The van der Waals surface area contributed by atoms with Crippen molar-refractivity contribution in [3.63, 3.8) is 0 Å². The van der Waals surface area contributed by atoms with E-state index in [2.05, 4.69) is 4.31 Å². The molecule has 0 aliphatic heterocycles. The van der Waals surface area contributed by atoms with Crippen LogP contribution in [0.25, 0.3) is 0 Å². The second-order valence-electron chi connectivity index (χ2n) is 1.83. The van der Waals surface area contributed by atoms with Crippen molar-refractivity contribution in [3.8, 4) is 0 Å². The number of hydrogen-bond donors (Lipinski definition) is 0. The van der Waals surface area contributed by atoms with E-state index in [-0.39, 0.29) is 0 Å². The molecule has 1 unspecified atom stereocenters. The maximum absolute atomic E-state index is 10.6. The van der Waals surface area contributed by atoms with Gasteiger partial charge in [0, 0.05) is 20.0 Å². The Morgan fingerprint density at radius 1 is 1.50 bits per heavy atom. The Kier molecular flexibility index (Phi) is 2.96. The van der Waals surface area contributed by atoms with Crippen LogP contribution in [0, 0.1) is 0 Å². The van der Waals surface area contributed by atoms with Gasteiger partial charge in [-0.2, -0.15) is 0 Å². The fourth-order valence-corrected chi connectivity index (χ4v) is 2.79. The van der Waals surface area contributed by atoms with E-state index in [1.54, 1.807) is 0 Å². The summed E-state index contributed by atoms with van der Waals surface area (Å²) in [5.41, 5.74) is 0. The van der Waals surface area contributed by atoms with E-state index in [0.29, 0.717) is 0 Å². The molecule has 0 aliphatic rings. The van der Waals surface area contributed by atoms with Crippen molar-refractivity contribution >= 4 is 15.4 Å². The standard InChI is InChI=1S/C3H10O3P2/c1-7(4)6-8(2,3)5/h7H,1-3H3. The smallest absolute Gasteiger partial charge is 0.202 e. The first-order valence-electron chi connectivity index (χ1n) is 2.17. The monoisotopic (exact) mass is 156 g/mol. The minimum Gasteiger partial charge on any atom is -0.296 e. The van der Waals surface area contributed by atoms with Crippen molar-refractivity contribution in [2.45, 2.75) is 0 Å². The second kappa shape index (κ2) is 2.82. The molecule has 0 saturated heterocycles. The Hall–Kier alpha value is 0.420. The van der Waals surface area contributed by atoms with Gasteiger partial charge in [-0.25, -0.2) is 0 Å². The van der Waals surface area contributed by atoms with E-state index in [9.17, 15) is 9.13 Å². The summed E-state index contributed by atoms with van der Waals surface area (Å²) in [4.78, 5) is 0. The van der Waals surface area contributed by atoms with Gasteiger partial charge in [-0.15, -0.1) is 0 Å².